The van der Waals surface area contributed by atoms with Gasteiger partial charge >= 0.3 is 0 Å². The van der Waals surface area contributed by atoms with Crippen molar-refractivity contribution in [2.24, 2.45) is 10.2 Å². The normalized spacial score (nSPS) is 11.4. The van der Waals surface area contributed by atoms with Gasteiger partial charge in [-0.1, -0.05) is 48.6 Å². The molecule has 0 saturated carbocycles. The van der Waals surface area contributed by atoms with Crippen LogP contribution in [-0.4, -0.2) is 35.1 Å². The Labute approximate surface area is 179 Å². The summed E-state index contributed by atoms with van der Waals surface area (Å²) in [6.07, 6.45) is 3.58. The number of ether oxygens (including phenoxy) is 1. The summed E-state index contributed by atoms with van der Waals surface area (Å²) in [7, 11) is 1.58. The van der Waals surface area contributed by atoms with E-state index in [9.17, 15) is 14.7 Å². The first-order valence-electron chi connectivity index (χ1n) is 9.86. The number of aryl methyl sites for hydroxylation is 1. The minimum Gasteiger partial charge on any atom is -0.496 e. The molecule has 0 aliphatic rings. The number of benzene rings is 2. The van der Waals surface area contributed by atoms with Crippen molar-refractivity contribution in [2.45, 2.75) is 19.9 Å². The second kappa shape index (κ2) is 10.2. The number of nitrogens with one attached hydrogen (secondary N) is 1. The molecule has 2 amide bonds. The van der Waals surface area contributed by atoms with Gasteiger partial charge in [-0.3, -0.25) is 9.59 Å². The highest BCUT2D eigenvalue weighted by Gasteiger charge is 2.15. The van der Waals surface area contributed by atoms with E-state index in [1.807, 2.05) is 49.4 Å². The third-order valence-electron chi connectivity index (χ3n) is 4.67. The van der Waals surface area contributed by atoms with Crippen LogP contribution in [0.15, 0.2) is 64.8 Å². The summed E-state index contributed by atoms with van der Waals surface area (Å²) < 4.78 is 6.93. The Morgan fingerprint density at radius 1 is 1.16 bits per heavy atom. The predicted molar refractivity (Wildman–Crippen MR) is 118 cm³/mol. The van der Waals surface area contributed by atoms with Crippen molar-refractivity contribution < 1.29 is 19.4 Å². The van der Waals surface area contributed by atoms with E-state index >= 15 is 0 Å². The third-order valence-corrected chi connectivity index (χ3v) is 4.67. The summed E-state index contributed by atoms with van der Waals surface area (Å²) in [6.45, 7) is 2.17. The van der Waals surface area contributed by atoms with E-state index in [0.29, 0.717) is 17.7 Å². The smallest absolute Gasteiger partial charge is 0.283 e. The minimum absolute atomic E-state index is 0.0502. The van der Waals surface area contributed by atoms with E-state index in [1.54, 1.807) is 29.9 Å². The van der Waals surface area contributed by atoms with Crippen molar-refractivity contribution in [3.63, 3.8) is 0 Å². The number of amides is 2. The standard InChI is InChI=1S/C23H24N4O4/c1-3-27-18-12-6-5-11-17(18)22(23(27)30)26-25-21(29)15-24-20(28)14-8-10-16-9-4-7-13-19(16)31-2/h4-13,30H,3,14-15H2,1-2H3,(H,24,28). The lowest BCUT2D eigenvalue weighted by molar-refractivity contribution is -0.124. The number of aromatic nitrogens is 1. The Kier molecular flexibility index (Phi) is 7.16. The molecule has 0 aliphatic heterocycles. The molecule has 0 spiro atoms. The Hall–Kier alpha value is -3.94. The van der Waals surface area contributed by atoms with Gasteiger partial charge in [0.15, 0.2) is 5.69 Å². The molecule has 0 unspecified atom stereocenters. The number of aromatic hydroxyl groups is 1. The maximum absolute atomic E-state index is 12.0. The Balaban J connectivity index is 1.56. The van der Waals surface area contributed by atoms with Crippen LogP contribution in [0.3, 0.4) is 0 Å². The lowest BCUT2D eigenvalue weighted by Gasteiger charge is -2.03. The molecule has 0 fully saturated rings. The zero-order valence-electron chi connectivity index (χ0n) is 17.4. The molecule has 3 rings (SSSR count). The monoisotopic (exact) mass is 420 g/mol. The van der Waals surface area contributed by atoms with Crippen molar-refractivity contribution in [2.75, 3.05) is 13.7 Å². The van der Waals surface area contributed by atoms with Gasteiger partial charge < -0.3 is 19.7 Å². The van der Waals surface area contributed by atoms with E-state index in [1.165, 1.54) is 0 Å². The molecule has 2 N–H and O–H groups in total. The molecule has 31 heavy (non-hydrogen) atoms. The predicted octanol–water partition coefficient (Wildman–Crippen LogP) is 4.21. The molecule has 0 bridgehead atoms. The number of azo groups is 1. The maximum atomic E-state index is 12.0. The number of carbonyl (C=O) groups excluding carboxylic acids is 2. The molecule has 0 radical (unpaired) electrons. The highest BCUT2D eigenvalue weighted by Crippen LogP contribution is 2.38. The number of fused-ring (bicyclic) bond motifs is 1. The van der Waals surface area contributed by atoms with Crippen LogP contribution in [-0.2, 0) is 16.1 Å². The summed E-state index contributed by atoms with van der Waals surface area (Å²) in [5.74, 6) is -0.275. The molecular formula is C23H24N4O4. The Morgan fingerprint density at radius 2 is 1.90 bits per heavy atom. The topological polar surface area (TPSA) is 105 Å². The quantitative estimate of drug-likeness (QED) is 0.533. The molecule has 0 atom stereocenters. The van der Waals surface area contributed by atoms with Crippen molar-refractivity contribution in [3.8, 4) is 11.6 Å². The second-order valence-electron chi connectivity index (χ2n) is 6.65. The van der Waals surface area contributed by atoms with Crippen molar-refractivity contribution in [3.05, 3.63) is 60.2 Å². The van der Waals surface area contributed by atoms with Crippen molar-refractivity contribution in [1.29, 1.82) is 0 Å². The van der Waals surface area contributed by atoms with E-state index in [-0.39, 0.29) is 30.4 Å². The Bertz CT molecular complexity index is 1150. The van der Waals surface area contributed by atoms with E-state index < -0.39 is 5.91 Å². The van der Waals surface area contributed by atoms with Gasteiger partial charge in [-0.2, -0.15) is 0 Å². The fourth-order valence-electron chi connectivity index (χ4n) is 3.17. The fraction of sp³-hybridized carbons (Fsp3) is 0.217. The minimum atomic E-state index is -0.616. The number of methoxy groups -OCH3 is 1. The average Bonchev–Trinajstić information content (AvgIpc) is 3.07. The number of nitrogens with zero attached hydrogens (tertiary/aromatic N) is 3. The van der Waals surface area contributed by atoms with Crippen LogP contribution < -0.4 is 10.1 Å². The highest BCUT2D eigenvalue weighted by atomic mass is 16.5. The van der Waals surface area contributed by atoms with Gasteiger partial charge in [-0.25, -0.2) is 0 Å². The van der Waals surface area contributed by atoms with E-state index in [2.05, 4.69) is 15.5 Å². The summed E-state index contributed by atoms with van der Waals surface area (Å²) in [5.41, 5.74) is 1.89. The van der Waals surface area contributed by atoms with E-state index in [0.717, 1.165) is 11.1 Å². The number of hydrogen-bond donors (Lipinski definition) is 2. The molecule has 1 aromatic heterocycles. The van der Waals surface area contributed by atoms with Gasteiger partial charge in [0.25, 0.3) is 5.91 Å². The molecule has 0 aliphatic carbocycles. The van der Waals surface area contributed by atoms with Gasteiger partial charge in [0.05, 0.1) is 12.6 Å². The largest absolute Gasteiger partial charge is 0.496 e. The fourth-order valence-corrected chi connectivity index (χ4v) is 3.17. The van der Waals surface area contributed by atoms with Crippen molar-refractivity contribution in [1.82, 2.24) is 9.88 Å². The SMILES string of the molecule is CCn1c(O)c(N=NC(=O)CNC(=O)CC=Cc2ccccc2OC)c2ccccc21. The van der Waals surface area contributed by atoms with Crippen molar-refractivity contribution >= 4 is 34.5 Å². The van der Waals surface area contributed by atoms with Crippen LogP contribution >= 0.6 is 0 Å². The molecule has 1 heterocycles. The lowest BCUT2D eigenvalue weighted by Crippen LogP contribution is -2.27. The zero-order valence-corrected chi connectivity index (χ0v) is 17.4. The maximum Gasteiger partial charge on any atom is 0.283 e. The van der Waals surface area contributed by atoms with Crippen LogP contribution in [0, 0.1) is 0 Å². The Morgan fingerprint density at radius 3 is 2.68 bits per heavy atom. The summed E-state index contributed by atoms with van der Waals surface area (Å²) in [4.78, 5) is 24.0. The average molecular weight is 420 g/mol. The number of rotatable bonds is 8. The van der Waals surface area contributed by atoms with Gasteiger partial charge in [0, 0.05) is 23.9 Å². The highest BCUT2D eigenvalue weighted by molar-refractivity contribution is 5.95. The number of para-hydroxylation sites is 2. The van der Waals surface area contributed by atoms with E-state index in [4.69, 9.17) is 4.74 Å². The van der Waals surface area contributed by atoms with Gasteiger partial charge in [0.1, 0.15) is 12.3 Å². The van der Waals surface area contributed by atoms with Crippen LogP contribution in [0.1, 0.15) is 18.9 Å². The van der Waals surface area contributed by atoms with Gasteiger partial charge in [-0.15, -0.1) is 10.2 Å². The first-order chi connectivity index (χ1) is 15.0. The zero-order chi connectivity index (χ0) is 22.2. The lowest BCUT2D eigenvalue weighted by atomic mass is 10.2. The summed E-state index contributed by atoms with van der Waals surface area (Å²) >= 11 is 0. The summed E-state index contributed by atoms with van der Waals surface area (Å²) in [5, 5.41) is 21.2. The molecule has 160 valence electrons. The van der Waals surface area contributed by atoms with Crippen LogP contribution in [0.4, 0.5) is 5.69 Å². The molecule has 0 saturated heterocycles. The molecule has 2 aromatic carbocycles. The molecule has 8 heteroatoms. The third kappa shape index (κ3) is 5.16. The first kappa shape index (κ1) is 21.8. The van der Waals surface area contributed by atoms with Gasteiger partial charge in [0.2, 0.25) is 11.8 Å². The first-order valence-corrected chi connectivity index (χ1v) is 9.86. The second-order valence-corrected chi connectivity index (χ2v) is 6.65. The van der Waals surface area contributed by atoms with Crippen LogP contribution in [0.5, 0.6) is 11.6 Å². The molecular weight excluding hydrogens is 396 g/mol. The van der Waals surface area contributed by atoms with Crippen LogP contribution in [0.2, 0.25) is 0 Å². The number of hydrogen-bond acceptors (Lipinski definition) is 5. The summed E-state index contributed by atoms with van der Waals surface area (Å²) in [6, 6.07) is 14.8. The molecule has 3 aromatic rings. The molecule has 8 nitrogen and oxygen atoms in total. The van der Waals surface area contributed by atoms with Crippen LogP contribution in [0.25, 0.3) is 17.0 Å². The van der Waals surface area contributed by atoms with Gasteiger partial charge in [-0.05, 0) is 19.1 Å². The number of carbonyl (C=O) groups is 2.